The van der Waals surface area contributed by atoms with E-state index in [0.29, 0.717) is 4.60 Å². The van der Waals surface area contributed by atoms with E-state index < -0.39 is 25.2 Å². The van der Waals surface area contributed by atoms with Crippen LogP contribution in [-0.2, 0) is 4.79 Å². The molecule has 0 fully saturated rings. The maximum Gasteiger partial charge on any atom is 0.401 e. The molecule has 0 saturated heterocycles. The Balaban J connectivity index is 2.32. The minimum Gasteiger partial charge on any atom is -0.308 e. The van der Waals surface area contributed by atoms with Gasteiger partial charge in [0.1, 0.15) is 4.60 Å². The van der Waals surface area contributed by atoms with Crippen LogP contribution < -0.4 is 10.6 Å². The molecule has 9 heteroatoms. The summed E-state index contributed by atoms with van der Waals surface area (Å²) in [6, 6.07) is 0. The van der Waals surface area contributed by atoms with Crippen LogP contribution in [0.15, 0.2) is 17.0 Å². The summed E-state index contributed by atoms with van der Waals surface area (Å²) in [5.41, 5.74) is 0. The lowest BCUT2D eigenvalue weighted by Gasteiger charge is -2.08. The summed E-state index contributed by atoms with van der Waals surface area (Å²) < 4.78 is 35.8. The highest BCUT2D eigenvalue weighted by atomic mass is 79.9. The number of anilines is 1. The van der Waals surface area contributed by atoms with Crippen LogP contribution in [0.3, 0.4) is 0 Å². The Hall–Kier alpha value is -1.22. The maximum absolute atomic E-state index is 11.8. The van der Waals surface area contributed by atoms with E-state index in [2.05, 4.69) is 31.2 Å². The fourth-order valence-corrected chi connectivity index (χ4v) is 1.09. The third-order valence-electron chi connectivity index (χ3n) is 1.50. The molecule has 1 heterocycles. The summed E-state index contributed by atoms with van der Waals surface area (Å²) in [6.07, 6.45) is -1.69. The first-order valence-corrected chi connectivity index (χ1v) is 5.21. The Morgan fingerprint density at radius 2 is 2.06 bits per heavy atom. The van der Waals surface area contributed by atoms with Crippen LogP contribution in [-0.4, -0.2) is 35.1 Å². The highest BCUT2D eigenvalue weighted by molar-refractivity contribution is 9.10. The molecule has 1 rings (SSSR count). The molecule has 1 aromatic rings. The average molecular weight is 313 g/mol. The molecule has 1 amide bonds. The number of nitrogens with zero attached hydrogens (tertiary/aromatic N) is 2. The molecular weight excluding hydrogens is 305 g/mol. The first kappa shape index (κ1) is 13.8. The predicted octanol–water partition coefficient (Wildman–Crippen LogP) is 1.33. The fraction of sp³-hybridized carbons (Fsp3) is 0.375. The molecule has 17 heavy (non-hydrogen) atoms. The van der Waals surface area contributed by atoms with Crippen molar-refractivity contribution in [3.63, 3.8) is 0 Å². The Labute approximate surface area is 103 Å². The van der Waals surface area contributed by atoms with Crippen LogP contribution in [0.4, 0.5) is 19.0 Å². The van der Waals surface area contributed by atoms with E-state index in [9.17, 15) is 18.0 Å². The molecule has 5 nitrogen and oxygen atoms in total. The molecule has 0 aliphatic carbocycles. The normalized spacial score (nSPS) is 11.3. The van der Waals surface area contributed by atoms with E-state index in [-0.39, 0.29) is 5.82 Å². The highest BCUT2D eigenvalue weighted by Crippen LogP contribution is 2.11. The summed E-state index contributed by atoms with van der Waals surface area (Å²) in [5, 5.41) is 4.25. The van der Waals surface area contributed by atoms with Gasteiger partial charge in [-0.1, -0.05) is 0 Å². The minimum absolute atomic E-state index is 0.173. The van der Waals surface area contributed by atoms with Gasteiger partial charge < -0.3 is 10.6 Å². The van der Waals surface area contributed by atoms with Crippen LogP contribution in [0, 0.1) is 0 Å². The van der Waals surface area contributed by atoms with Crippen molar-refractivity contribution in [2.75, 3.05) is 18.4 Å². The minimum atomic E-state index is -4.34. The lowest BCUT2D eigenvalue weighted by Crippen LogP contribution is -2.35. The van der Waals surface area contributed by atoms with Gasteiger partial charge in [0, 0.05) is 0 Å². The second-order valence-corrected chi connectivity index (χ2v) is 3.80. The fourth-order valence-electron chi connectivity index (χ4n) is 0.882. The number of halogens is 4. The molecule has 0 atom stereocenters. The van der Waals surface area contributed by atoms with Crippen molar-refractivity contribution in [3.05, 3.63) is 17.0 Å². The van der Waals surface area contributed by atoms with Crippen molar-refractivity contribution in [3.8, 4) is 0 Å². The molecule has 0 aliphatic rings. The molecule has 2 N–H and O–H groups in total. The second-order valence-electron chi connectivity index (χ2n) is 2.99. The zero-order valence-electron chi connectivity index (χ0n) is 8.38. The van der Waals surface area contributed by atoms with E-state index in [0.717, 1.165) is 0 Å². The van der Waals surface area contributed by atoms with Crippen LogP contribution in [0.1, 0.15) is 0 Å². The second kappa shape index (κ2) is 5.92. The molecule has 0 radical (unpaired) electrons. The van der Waals surface area contributed by atoms with Crippen LogP contribution >= 0.6 is 15.9 Å². The number of rotatable bonds is 4. The van der Waals surface area contributed by atoms with Crippen LogP contribution in [0.5, 0.6) is 0 Å². The van der Waals surface area contributed by atoms with Gasteiger partial charge in [-0.2, -0.15) is 13.2 Å². The molecular formula is C8H8BrF3N4O. The van der Waals surface area contributed by atoms with E-state index in [1.54, 1.807) is 0 Å². The first-order chi connectivity index (χ1) is 7.87. The Morgan fingerprint density at radius 3 is 2.59 bits per heavy atom. The first-order valence-electron chi connectivity index (χ1n) is 4.42. The Morgan fingerprint density at radius 1 is 1.35 bits per heavy atom. The van der Waals surface area contributed by atoms with Crippen LogP contribution in [0.25, 0.3) is 0 Å². The van der Waals surface area contributed by atoms with Gasteiger partial charge in [-0.05, 0) is 15.9 Å². The monoisotopic (exact) mass is 312 g/mol. The van der Waals surface area contributed by atoms with Gasteiger partial charge in [0.05, 0.1) is 25.5 Å². The average Bonchev–Trinajstić information content (AvgIpc) is 2.19. The van der Waals surface area contributed by atoms with Gasteiger partial charge in [0.2, 0.25) is 5.91 Å². The van der Waals surface area contributed by atoms with Crippen molar-refractivity contribution < 1.29 is 18.0 Å². The topological polar surface area (TPSA) is 66.9 Å². The Bertz CT molecular complexity index is 381. The summed E-state index contributed by atoms with van der Waals surface area (Å²) >= 11 is 3.05. The van der Waals surface area contributed by atoms with Gasteiger partial charge in [-0.3, -0.25) is 4.79 Å². The number of carbonyl (C=O) groups is 1. The smallest absolute Gasteiger partial charge is 0.308 e. The molecule has 1 aromatic heterocycles. The SMILES string of the molecule is O=C(CNCC(F)(F)F)Nc1cnc(Br)cn1. The van der Waals surface area contributed by atoms with E-state index in [1.807, 2.05) is 5.32 Å². The lowest BCUT2D eigenvalue weighted by molar-refractivity contribution is -0.126. The van der Waals surface area contributed by atoms with Crippen molar-refractivity contribution in [2.45, 2.75) is 6.18 Å². The number of amides is 1. The van der Waals surface area contributed by atoms with Gasteiger partial charge in [-0.25, -0.2) is 9.97 Å². The van der Waals surface area contributed by atoms with Crippen molar-refractivity contribution >= 4 is 27.7 Å². The molecule has 0 bridgehead atoms. The quantitative estimate of drug-likeness (QED) is 0.880. The van der Waals surface area contributed by atoms with E-state index >= 15 is 0 Å². The van der Waals surface area contributed by atoms with E-state index in [1.165, 1.54) is 12.4 Å². The van der Waals surface area contributed by atoms with Gasteiger partial charge >= 0.3 is 6.18 Å². The van der Waals surface area contributed by atoms with Crippen molar-refractivity contribution in [1.29, 1.82) is 0 Å². The number of carbonyl (C=O) groups excluding carboxylic acids is 1. The van der Waals surface area contributed by atoms with Crippen LogP contribution in [0.2, 0.25) is 0 Å². The molecule has 94 valence electrons. The van der Waals surface area contributed by atoms with Gasteiger partial charge in [-0.15, -0.1) is 0 Å². The summed E-state index contributed by atoms with van der Waals surface area (Å²) in [7, 11) is 0. The highest BCUT2D eigenvalue weighted by Gasteiger charge is 2.26. The molecule has 0 aromatic carbocycles. The maximum atomic E-state index is 11.8. The third-order valence-corrected chi connectivity index (χ3v) is 1.91. The Kier molecular flexibility index (Phi) is 4.82. The standard InChI is InChI=1S/C8H8BrF3N4O/c9-5-1-15-6(2-14-5)16-7(17)3-13-4-8(10,11)12/h1-2,13H,3-4H2,(H,15,16,17). The van der Waals surface area contributed by atoms with Gasteiger partial charge in [0.15, 0.2) is 5.82 Å². The van der Waals surface area contributed by atoms with Crippen molar-refractivity contribution in [2.24, 2.45) is 0 Å². The summed E-state index contributed by atoms with van der Waals surface area (Å²) in [5.74, 6) is -0.446. The molecule has 0 spiro atoms. The molecule has 0 aliphatic heterocycles. The predicted molar refractivity (Wildman–Crippen MR) is 57.3 cm³/mol. The summed E-state index contributed by atoms with van der Waals surface area (Å²) in [6.45, 7) is -1.66. The van der Waals surface area contributed by atoms with E-state index in [4.69, 9.17) is 0 Å². The number of nitrogens with one attached hydrogen (secondary N) is 2. The lowest BCUT2D eigenvalue weighted by atomic mass is 10.5. The summed E-state index contributed by atoms with van der Waals surface area (Å²) in [4.78, 5) is 18.7. The third kappa shape index (κ3) is 6.17. The zero-order chi connectivity index (χ0) is 12.9. The molecule has 0 saturated carbocycles. The molecule has 0 unspecified atom stereocenters. The number of alkyl halides is 3. The number of hydrogen-bond donors (Lipinski definition) is 2. The largest absolute Gasteiger partial charge is 0.401 e. The number of hydrogen-bond acceptors (Lipinski definition) is 4. The number of aromatic nitrogens is 2. The zero-order valence-corrected chi connectivity index (χ0v) is 9.97. The van der Waals surface area contributed by atoms with Gasteiger partial charge in [0.25, 0.3) is 0 Å². The van der Waals surface area contributed by atoms with Crippen molar-refractivity contribution in [1.82, 2.24) is 15.3 Å².